The molecular formula is C12H10F2N2O3. The summed E-state index contributed by atoms with van der Waals surface area (Å²) >= 11 is 0. The standard InChI is InChI=1S/C12H10F2N2O3/c1-6-3-10(16(2)15-6)19-11-8(13)4-7(12(17)18)5-9(11)14/h3-5H,1-2H3,(H,17,18). The van der Waals surface area contributed by atoms with Gasteiger partial charge in [0.05, 0.1) is 11.3 Å². The summed E-state index contributed by atoms with van der Waals surface area (Å²) in [5.41, 5.74) is 0.143. The minimum atomic E-state index is -1.42. The maximum atomic E-state index is 13.6. The molecule has 7 heteroatoms. The molecule has 0 bridgehead atoms. The Kier molecular flexibility index (Phi) is 3.20. The number of carboxylic acids is 1. The first-order valence-electron chi connectivity index (χ1n) is 5.29. The van der Waals surface area contributed by atoms with Crippen molar-refractivity contribution in [1.82, 2.24) is 9.78 Å². The molecule has 0 amide bonds. The van der Waals surface area contributed by atoms with Crippen LogP contribution in [0, 0.1) is 18.6 Å². The van der Waals surface area contributed by atoms with Gasteiger partial charge in [0.15, 0.2) is 11.6 Å². The van der Waals surface area contributed by atoms with Crippen molar-refractivity contribution in [3.05, 3.63) is 41.1 Å². The molecule has 0 spiro atoms. The van der Waals surface area contributed by atoms with E-state index in [0.717, 1.165) is 0 Å². The van der Waals surface area contributed by atoms with E-state index in [0.29, 0.717) is 17.8 Å². The highest BCUT2D eigenvalue weighted by atomic mass is 19.1. The van der Waals surface area contributed by atoms with Crippen LogP contribution in [-0.2, 0) is 7.05 Å². The fourth-order valence-corrected chi connectivity index (χ4v) is 1.57. The highest BCUT2D eigenvalue weighted by Crippen LogP contribution is 2.28. The van der Waals surface area contributed by atoms with Crippen molar-refractivity contribution in [3.8, 4) is 11.6 Å². The van der Waals surface area contributed by atoms with Crippen LogP contribution >= 0.6 is 0 Å². The second-order valence-electron chi connectivity index (χ2n) is 3.92. The molecule has 0 saturated heterocycles. The van der Waals surface area contributed by atoms with Gasteiger partial charge in [-0.25, -0.2) is 18.3 Å². The molecule has 1 heterocycles. The third-order valence-electron chi connectivity index (χ3n) is 2.41. The summed E-state index contributed by atoms with van der Waals surface area (Å²) in [5, 5.41) is 12.6. The average molecular weight is 268 g/mol. The van der Waals surface area contributed by atoms with Gasteiger partial charge in [0.1, 0.15) is 0 Å². The van der Waals surface area contributed by atoms with Gasteiger partial charge in [-0.05, 0) is 19.1 Å². The molecular weight excluding hydrogens is 258 g/mol. The number of carbonyl (C=O) groups is 1. The number of halogens is 2. The van der Waals surface area contributed by atoms with Crippen molar-refractivity contribution in [2.75, 3.05) is 0 Å². The largest absolute Gasteiger partial charge is 0.478 e. The van der Waals surface area contributed by atoms with Crippen LogP contribution in [0.2, 0.25) is 0 Å². The Labute approximate surface area is 107 Å². The minimum absolute atomic E-state index is 0.151. The van der Waals surface area contributed by atoms with Crippen LogP contribution in [0.3, 0.4) is 0 Å². The predicted molar refractivity (Wildman–Crippen MR) is 61.3 cm³/mol. The molecule has 2 aromatic rings. The van der Waals surface area contributed by atoms with E-state index < -0.39 is 28.9 Å². The first-order valence-corrected chi connectivity index (χ1v) is 5.29. The van der Waals surface area contributed by atoms with E-state index in [4.69, 9.17) is 9.84 Å². The summed E-state index contributed by atoms with van der Waals surface area (Å²) < 4.78 is 33.7. The summed E-state index contributed by atoms with van der Waals surface area (Å²) in [6.07, 6.45) is 0. The van der Waals surface area contributed by atoms with Crippen molar-refractivity contribution in [2.24, 2.45) is 7.05 Å². The van der Waals surface area contributed by atoms with Gasteiger partial charge in [-0.3, -0.25) is 0 Å². The number of aromatic carboxylic acids is 1. The second kappa shape index (κ2) is 4.68. The molecule has 1 aromatic carbocycles. The van der Waals surface area contributed by atoms with Crippen molar-refractivity contribution < 1.29 is 23.4 Å². The van der Waals surface area contributed by atoms with Gasteiger partial charge in [0.2, 0.25) is 11.6 Å². The van der Waals surface area contributed by atoms with Crippen LogP contribution < -0.4 is 4.74 Å². The SMILES string of the molecule is Cc1cc(Oc2c(F)cc(C(=O)O)cc2F)n(C)n1. The van der Waals surface area contributed by atoms with Gasteiger partial charge in [-0.1, -0.05) is 0 Å². The van der Waals surface area contributed by atoms with Crippen molar-refractivity contribution in [2.45, 2.75) is 6.92 Å². The Bertz CT molecular complexity index is 629. The number of aromatic nitrogens is 2. The Morgan fingerprint density at radius 1 is 1.32 bits per heavy atom. The normalized spacial score (nSPS) is 10.5. The fraction of sp³-hybridized carbons (Fsp3) is 0.167. The molecule has 0 radical (unpaired) electrons. The van der Waals surface area contributed by atoms with Crippen LogP contribution in [0.25, 0.3) is 0 Å². The molecule has 100 valence electrons. The lowest BCUT2D eigenvalue weighted by Gasteiger charge is -2.08. The predicted octanol–water partition coefficient (Wildman–Crippen LogP) is 2.50. The highest BCUT2D eigenvalue weighted by Gasteiger charge is 2.18. The summed E-state index contributed by atoms with van der Waals surface area (Å²) in [7, 11) is 1.56. The van der Waals surface area contributed by atoms with E-state index in [1.165, 1.54) is 10.7 Å². The quantitative estimate of drug-likeness (QED) is 0.928. The van der Waals surface area contributed by atoms with Crippen LogP contribution in [-0.4, -0.2) is 20.9 Å². The minimum Gasteiger partial charge on any atom is -0.478 e. The number of hydrogen-bond donors (Lipinski definition) is 1. The summed E-state index contributed by atoms with van der Waals surface area (Å²) in [4.78, 5) is 10.6. The molecule has 19 heavy (non-hydrogen) atoms. The lowest BCUT2D eigenvalue weighted by atomic mass is 10.2. The van der Waals surface area contributed by atoms with Gasteiger partial charge in [0.25, 0.3) is 0 Å². The zero-order valence-corrected chi connectivity index (χ0v) is 10.1. The Morgan fingerprint density at radius 2 is 1.89 bits per heavy atom. The first-order chi connectivity index (χ1) is 8.88. The van der Waals surface area contributed by atoms with Crippen molar-refractivity contribution >= 4 is 5.97 Å². The molecule has 0 unspecified atom stereocenters. The maximum absolute atomic E-state index is 13.6. The molecule has 2 rings (SSSR count). The zero-order valence-electron chi connectivity index (χ0n) is 10.1. The van der Waals surface area contributed by atoms with Crippen LogP contribution in [0.5, 0.6) is 11.6 Å². The molecule has 1 N–H and O–H groups in total. The lowest BCUT2D eigenvalue weighted by Crippen LogP contribution is -2.02. The van der Waals surface area contributed by atoms with Gasteiger partial charge >= 0.3 is 5.97 Å². The second-order valence-corrected chi connectivity index (χ2v) is 3.92. The summed E-state index contributed by atoms with van der Waals surface area (Å²) in [6, 6.07) is 2.90. The molecule has 5 nitrogen and oxygen atoms in total. The van der Waals surface area contributed by atoms with E-state index in [1.807, 2.05) is 0 Å². The van der Waals surface area contributed by atoms with E-state index in [2.05, 4.69) is 5.10 Å². The molecule has 0 fully saturated rings. The van der Waals surface area contributed by atoms with Crippen LogP contribution in [0.15, 0.2) is 18.2 Å². The average Bonchev–Trinajstić information content (AvgIpc) is 2.62. The Hall–Kier alpha value is -2.44. The number of carboxylic acid groups (broad SMARTS) is 1. The topological polar surface area (TPSA) is 64.3 Å². The van der Waals surface area contributed by atoms with Crippen LogP contribution in [0.1, 0.15) is 16.1 Å². The number of benzene rings is 1. The molecule has 0 aliphatic carbocycles. The third kappa shape index (κ3) is 2.54. The monoisotopic (exact) mass is 268 g/mol. The maximum Gasteiger partial charge on any atom is 0.335 e. The number of hydrogen-bond acceptors (Lipinski definition) is 3. The van der Waals surface area contributed by atoms with Crippen LogP contribution in [0.4, 0.5) is 8.78 Å². The third-order valence-corrected chi connectivity index (χ3v) is 2.41. The van der Waals surface area contributed by atoms with Gasteiger partial charge in [0, 0.05) is 13.1 Å². The molecule has 1 aromatic heterocycles. The molecule has 0 aliphatic heterocycles. The van der Waals surface area contributed by atoms with E-state index in [9.17, 15) is 13.6 Å². The fourth-order valence-electron chi connectivity index (χ4n) is 1.57. The number of ether oxygens (including phenoxy) is 1. The summed E-state index contributed by atoms with van der Waals surface area (Å²) in [5.74, 6) is -4.10. The first kappa shape index (κ1) is 13.0. The van der Waals surface area contributed by atoms with Crippen molar-refractivity contribution in [3.63, 3.8) is 0 Å². The molecule has 0 saturated carbocycles. The van der Waals surface area contributed by atoms with Crippen molar-refractivity contribution in [1.29, 1.82) is 0 Å². The highest BCUT2D eigenvalue weighted by molar-refractivity contribution is 5.87. The van der Waals surface area contributed by atoms with Gasteiger partial charge in [-0.2, -0.15) is 5.10 Å². The zero-order chi connectivity index (χ0) is 14.2. The smallest absolute Gasteiger partial charge is 0.335 e. The van der Waals surface area contributed by atoms with Gasteiger partial charge < -0.3 is 9.84 Å². The summed E-state index contributed by atoms with van der Waals surface area (Å²) in [6.45, 7) is 1.70. The Morgan fingerprint density at radius 3 is 2.32 bits per heavy atom. The number of aryl methyl sites for hydroxylation is 2. The van der Waals surface area contributed by atoms with Gasteiger partial charge in [-0.15, -0.1) is 0 Å². The molecule has 0 atom stereocenters. The lowest BCUT2D eigenvalue weighted by molar-refractivity contribution is 0.0695. The Balaban J connectivity index is 2.41. The van der Waals surface area contributed by atoms with E-state index in [1.54, 1.807) is 14.0 Å². The molecule has 0 aliphatic rings. The van der Waals surface area contributed by atoms with E-state index in [-0.39, 0.29) is 5.88 Å². The number of nitrogens with zero attached hydrogens (tertiary/aromatic N) is 2. The number of rotatable bonds is 3. The van der Waals surface area contributed by atoms with E-state index >= 15 is 0 Å².